The molecular weight excluding hydrogens is 384 g/mol. The first-order valence-electron chi connectivity index (χ1n) is 9.08. The van der Waals surface area contributed by atoms with Crippen LogP contribution in [-0.4, -0.2) is 33.0 Å². The lowest BCUT2D eigenvalue weighted by atomic mass is 10.2. The van der Waals surface area contributed by atoms with Gasteiger partial charge in [0.05, 0.1) is 18.0 Å². The number of halogens is 1. The van der Waals surface area contributed by atoms with Crippen molar-refractivity contribution in [3.63, 3.8) is 0 Å². The van der Waals surface area contributed by atoms with Crippen LogP contribution < -0.4 is 10.1 Å². The lowest BCUT2D eigenvalue weighted by Crippen LogP contribution is -2.23. The summed E-state index contributed by atoms with van der Waals surface area (Å²) in [4.78, 5) is 12.7. The number of carbonyl (C=O) groups is 1. The number of aromatic nitrogens is 3. The van der Waals surface area contributed by atoms with Crippen molar-refractivity contribution in [1.82, 2.24) is 14.8 Å². The Bertz CT molecular complexity index is 848. The number of carbonyl (C=O) groups excluding carboxylic acids is 1. The summed E-state index contributed by atoms with van der Waals surface area (Å²) >= 11 is 7.57. The lowest BCUT2D eigenvalue weighted by molar-refractivity contribution is -0.115. The molecule has 1 aromatic heterocycles. The van der Waals surface area contributed by atoms with Gasteiger partial charge in [-0.1, -0.05) is 37.2 Å². The van der Waals surface area contributed by atoms with Crippen molar-refractivity contribution in [2.45, 2.75) is 62.9 Å². The number of hydrogen-bond acceptors (Lipinski definition) is 5. The van der Waals surface area contributed by atoms with E-state index in [1.54, 1.807) is 13.2 Å². The minimum Gasteiger partial charge on any atom is -0.495 e. The third-order valence-corrected chi connectivity index (χ3v) is 5.97. The van der Waals surface area contributed by atoms with Gasteiger partial charge < -0.3 is 14.6 Å². The summed E-state index contributed by atoms with van der Waals surface area (Å²) in [5.41, 5.74) is 1.49. The molecule has 1 aliphatic rings. The van der Waals surface area contributed by atoms with Gasteiger partial charge in [-0.25, -0.2) is 0 Å². The second-order valence-electron chi connectivity index (χ2n) is 7.15. The average Bonchev–Trinajstić information content (AvgIpc) is 3.37. The number of ether oxygens (including phenoxy) is 1. The molecule has 1 fully saturated rings. The Kier molecular flexibility index (Phi) is 6.01. The maximum absolute atomic E-state index is 12.7. The molecule has 0 saturated heterocycles. The zero-order valence-corrected chi connectivity index (χ0v) is 17.8. The topological polar surface area (TPSA) is 69.0 Å². The highest BCUT2D eigenvalue weighted by molar-refractivity contribution is 8.00. The molecule has 3 rings (SSSR count). The number of methoxy groups -OCH3 is 1. The Morgan fingerprint density at radius 2 is 2.04 bits per heavy atom. The van der Waals surface area contributed by atoms with E-state index in [2.05, 4.69) is 33.9 Å². The van der Waals surface area contributed by atoms with E-state index < -0.39 is 0 Å². The molecule has 8 heteroatoms. The normalized spacial score (nSPS) is 15.1. The highest BCUT2D eigenvalue weighted by atomic mass is 35.5. The van der Waals surface area contributed by atoms with Crippen LogP contribution in [0.3, 0.4) is 0 Å². The van der Waals surface area contributed by atoms with Crippen molar-refractivity contribution >= 4 is 35.0 Å². The molecule has 0 spiro atoms. The van der Waals surface area contributed by atoms with E-state index >= 15 is 0 Å². The molecule has 1 unspecified atom stereocenters. The van der Waals surface area contributed by atoms with Crippen LogP contribution >= 0.6 is 23.4 Å². The second kappa shape index (κ2) is 8.10. The Labute approximate surface area is 169 Å². The summed E-state index contributed by atoms with van der Waals surface area (Å²) in [7, 11) is 1.56. The lowest BCUT2D eigenvalue weighted by Gasteiger charge is -2.16. The Morgan fingerprint density at radius 1 is 1.33 bits per heavy atom. The number of aryl methyl sites for hydroxylation is 1. The highest BCUT2D eigenvalue weighted by Gasteiger charge is 2.31. The monoisotopic (exact) mass is 408 g/mol. The molecule has 6 nitrogen and oxygen atoms in total. The van der Waals surface area contributed by atoms with Crippen molar-refractivity contribution in [1.29, 1.82) is 0 Å². The Hall–Kier alpha value is -1.73. The predicted molar refractivity (Wildman–Crippen MR) is 109 cm³/mol. The number of thioether (sulfide) groups is 1. The molecule has 2 aromatic rings. The number of nitrogens with one attached hydrogen (secondary N) is 1. The van der Waals surface area contributed by atoms with Gasteiger partial charge in [0.2, 0.25) is 5.91 Å². The fraction of sp³-hybridized carbons (Fsp3) is 0.526. The molecule has 0 aliphatic heterocycles. The average molecular weight is 409 g/mol. The van der Waals surface area contributed by atoms with Gasteiger partial charge in [0.25, 0.3) is 0 Å². The van der Waals surface area contributed by atoms with Crippen molar-refractivity contribution < 1.29 is 9.53 Å². The smallest absolute Gasteiger partial charge is 0.237 e. The van der Waals surface area contributed by atoms with Gasteiger partial charge in [0, 0.05) is 23.0 Å². The number of anilines is 1. The highest BCUT2D eigenvalue weighted by Crippen LogP contribution is 2.41. The van der Waals surface area contributed by atoms with Gasteiger partial charge in [-0.05, 0) is 38.3 Å². The summed E-state index contributed by atoms with van der Waals surface area (Å²) in [5, 5.41) is 12.7. The molecule has 27 heavy (non-hydrogen) atoms. The molecule has 1 aromatic carbocycles. The minimum absolute atomic E-state index is 0.114. The molecule has 1 amide bonds. The first kappa shape index (κ1) is 20.0. The quantitative estimate of drug-likeness (QED) is 0.664. The van der Waals surface area contributed by atoms with E-state index in [0.29, 0.717) is 28.4 Å². The van der Waals surface area contributed by atoms with Crippen molar-refractivity contribution in [3.05, 3.63) is 28.5 Å². The van der Waals surface area contributed by atoms with E-state index in [4.69, 9.17) is 16.3 Å². The van der Waals surface area contributed by atoms with Crippen LogP contribution in [0.5, 0.6) is 5.75 Å². The van der Waals surface area contributed by atoms with Crippen LogP contribution in [0.25, 0.3) is 0 Å². The maximum Gasteiger partial charge on any atom is 0.237 e. The number of nitrogens with zero attached hydrogens (tertiary/aromatic N) is 3. The zero-order chi connectivity index (χ0) is 19.7. The molecule has 0 bridgehead atoms. The van der Waals surface area contributed by atoms with Crippen LogP contribution in [0.4, 0.5) is 5.69 Å². The molecule has 1 N–H and O–H groups in total. The Morgan fingerprint density at radius 3 is 2.63 bits per heavy atom. The molecular formula is C19H25ClN4O2S. The van der Waals surface area contributed by atoms with E-state index in [0.717, 1.165) is 29.4 Å². The van der Waals surface area contributed by atoms with Crippen LogP contribution in [0.15, 0.2) is 17.3 Å². The number of benzene rings is 1. The minimum atomic E-state index is -0.326. The standard InChI is InChI=1S/C19H25ClN4O2S/c1-10(2)17-22-23-19(24(17)13-6-7-13)27-12(4)18(25)21-15-8-11(3)14(20)9-16(15)26-5/h8-10,12-13H,6-7H2,1-5H3,(H,21,25). The molecule has 1 heterocycles. The summed E-state index contributed by atoms with van der Waals surface area (Å²) in [6.07, 6.45) is 2.29. The molecule has 1 atom stereocenters. The van der Waals surface area contributed by atoms with Crippen molar-refractivity contribution in [2.75, 3.05) is 12.4 Å². The van der Waals surface area contributed by atoms with Gasteiger partial charge in [-0.2, -0.15) is 0 Å². The molecule has 0 radical (unpaired) electrons. The van der Waals surface area contributed by atoms with E-state index in [-0.39, 0.29) is 11.2 Å². The van der Waals surface area contributed by atoms with Gasteiger partial charge >= 0.3 is 0 Å². The summed E-state index contributed by atoms with van der Waals surface area (Å²) in [5.74, 6) is 1.72. The SMILES string of the molecule is COc1cc(Cl)c(C)cc1NC(=O)C(C)Sc1nnc(C(C)C)n1C1CC1. The van der Waals surface area contributed by atoms with E-state index in [1.807, 2.05) is 19.9 Å². The van der Waals surface area contributed by atoms with E-state index in [9.17, 15) is 4.79 Å². The van der Waals surface area contributed by atoms with Crippen LogP contribution in [-0.2, 0) is 4.79 Å². The third-order valence-electron chi connectivity index (χ3n) is 4.51. The van der Waals surface area contributed by atoms with Crippen molar-refractivity contribution in [2.24, 2.45) is 0 Å². The zero-order valence-electron chi connectivity index (χ0n) is 16.2. The predicted octanol–water partition coefficient (Wildman–Crippen LogP) is 4.83. The summed E-state index contributed by atoms with van der Waals surface area (Å²) in [6.45, 7) is 7.99. The van der Waals surface area contributed by atoms with Crippen LogP contribution in [0, 0.1) is 6.92 Å². The van der Waals surface area contributed by atoms with Crippen molar-refractivity contribution in [3.8, 4) is 5.75 Å². The fourth-order valence-corrected chi connectivity index (χ4v) is 3.89. The third kappa shape index (κ3) is 4.41. The van der Waals surface area contributed by atoms with Gasteiger partial charge in [0.1, 0.15) is 11.6 Å². The number of amides is 1. The first-order valence-corrected chi connectivity index (χ1v) is 10.3. The largest absolute Gasteiger partial charge is 0.495 e. The first-order chi connectivity index (χ1) is 12.8. The number of hydrogen-bond donors (Lipinski definition) is 1. The molecule has 1 saturated carbocycles. The summed E-state index contributed by atoms with van der Waals surface area (Å²) in [6, 6.07) is 4.00. The van der Waals surface area contributed by atoms with E-state index in [1.165, 1.54) is 11.8 Å². The molecule has 146 valence electrons. The maximum atomic E-state index is 12.7. The summed E-state index contributed by atoms with van der Waals surface area (Å²) < 4.78 is 7.54. The molecule has 1 aliphatic carbocycles. The van der Waals surface area contributed by atoms with Crippen LogP contribution in [0.1, 0.15) is 57.0 Å². The second-order valence-corrected chi connectivity index (χ2v) is 8.86. The van der Waals surface area contributed by atoms with Gasteiger partial charge in [0.15, 0.2) is 5.16 Å². The fourth-order valence-electron chi connectivity index (χ4n) is 2.81. The number of rotatable bonds is 7. The van der Waals surface area contributed by atoms with Crippen LogP contribution in [0.2, 0.25) is 5.02 Å². The van der Waals surface area contributed by atoms with Gasteiger partial charge in [-0.15, -0.1) is 10.2 Å². The van der Waals surface area contributed by atoms with Gasteiger partial charge in [-0.3, -0.25) is 4.79 Å². The Balaban J connectivity index is 1.75.